The van der Waals surface area contributed by atoms with Gasteiger partial charge in [-0.2, -0.15) is 5.26 Å². The fourth-order valence-electron chi connectivity index (χ4n) is 0.294. The quantitative estimate of drug-likeness (QED) is 0.531. The van der Waals surface area contributed by atoms with Gasteiger partial charge in [-0.15, -0.1) is 0 Å². The van der Waals surface area contributed by atoms with Crippen molar-refractivity contribution >= 4 is 17.2 Å². The van der Waals surface area contributed by atoms with Crippen molar-refractivity contribution in [2.75, 3.05) is 0 Å². The Morgan fingerprint density at radius 3 is 2.38 bits per heavy atom. The molecule has 0 heterocycles. The molecule has 1 N–H and O–H groups in total. The minimum Gasteiger partial charge on any atom is -0.365 e. The zero-order valence-corrected chi connectivity index (χ0v) is 5.75. The van der Waals surface area contributed by atoms with Gasteiger partial charge in [-0.3, -0.25) is 0 Å². The average Bonchev–Trinajstić information content (AvgIpc) is 1.65. The molecule has 0 aromatic rings. The van der Waals surface area contributed by atoms with E-state index in [2.05, 4.69) is 17.5 Å². The van der Waals surface area contributed by atoms with E-state index in [4.69, 9.17) is 5.26 Å². The standard InChI is InChI=1S/C5H8N2S/c1-4(2)7-5(8)3-6/h4H,1-2H3,(H,7,8). The van der Waals surface area contributed by atoms with Crippen molar-refractivity contribution in [2.24, 2.45) is 0 Å². The third-order valence-corrected chi connectivity index (χ3v) is 0.730. The highest BCUT2D eigenvalue weighted by Crippen LogP contribution is 1.76. The van der Waals surface area contributed by atoms with Crippen LogP contribution >= 0.6 is 12.2 Å². The van der Waals surface area contributed by atoms with E-state index in [1.54, 1.807) is 0 Å². The Morgan fingerprint density at radius 1 is 1.75 bits per heavy atom. The Balaban J connectivity index is 3.44. The maximum absolute atomic E-state index is 8.13. The van der Waals surface area contributed by atoms with Gasteiger partial charge in [0, 0.05) is 6.04 Å². The second kappa shape index (κ2) is 3.39. The Morgan fingerprint density at radius 2 is 2.25 bits per heavy atom. The van der Waals surface area contributed by atoms with Gasteiger partial charge in [-0.05, 0) is 26.1 Å². The highest BCUT2D eigenvalue weighted by Gasteiger charge is 1.92. The summed E-state index contributed by atoms with van der Waals surface area (Å²) < 4.78 is 0. The van der Waals surface area contributed by atoms with E-state index in [1.807, 2.05) is 19.9 Å². The van der Waals surface area contributed by atoms with Crippen molar-refractivity contribution < 1.29 is 0 Å². The molecule has 0 saturated carbocycles. The van der Waals surface area contributed by atoms with Crippen LogP contribution in [0.4, 0.5) is 0 Å². The molecule has 0 aromatic heterocycles. The lowest BCUT2D eigenvalue weighted by Gasteiger charge is -2.02. The molecule has 44 valence electrons. The van der Waals surface area contributed by atoms with E-state index >= 15 is 0 Å². The topological polar surface area (TPSA) is 35.8 Å². The lowest BCUT2D eigenvalue weighted by Crippen LogP contribution is -2.26. The monoisotopic (exact) mass is 128 g/mol. The molecule has 0 aromatic carbocycles. The van der Waals surface area contributed by atoms with Crippen LogP contribution in [0.3, 0.4) is 0 Å². The summed E-state index contributed by atoms with van der Waals surface area (Å²) in [5.41, 5.74) is 0. The number of rotatable bonds is 1. The van der Waals surface area contributed by atoms with Gasteiger partial charge in [0.1, 0.15) is 6.07 Å². The van der Waals surface area contributed by atoms with Crippen LogP contribution < -0.4 is 5.32 Å². The second-order valence-electron chi connectivity index (χ2n) is 1.74. The summed E-state index contributed by atoms with van der Waals surface area (Å²) in [6, 6.07) is 2.08. The Kier molecular flexibility index (Phi) is 3.13. The molecule has 0 spiro atoms. The van der Waals surface area contributed by atoms with Crippen molar-refractivity contribution in [3.63, 3.8) is 0 Å². The number of hydrogen-bond donors (Lipinski definition) is 1. The molecular formula is C5H8N2S. The Hall–Kier alpha value is -0.620. The molecular weight excluding hydrogens is 120 g/mol. The first-order valence-electron chi connectivity index (χ1n) is 2.37. The van der Waals surface area contributed by atoms with E-state index < -0.39 is 0 Å². The molecule has 2 nitrogen and oxygen atoms in total. The molecule has 0 aliphatic carbocycles. The summed E-state index contributed by atoms with van der Waals surface area (Å²) in [5, 5.41) is 10.9. The van der Waals surface area contributed by atoms with Crippen LogP contribution in [0.15, 0.2) is 0 Å². The molecule has 0 unspecified atom stereocenters. The molecule has 0 rings (SSSR count). The first-order valence-corrected chi connectivity index (χ1v) is 2.78. The maximum atomic E-state index is 8.13. The van der Waals surface area contributed by atoms with E-state index in [1.165, 1.54) is 0 Å². The number of thiocarbonyl (C=S) groups is 1. The lowest BCUT2D eigenvalue weighted by molar-refractivity contribution is 0.743. The average molecular weight is 128 g/mol. The number of hydrogen-bond acceptors (Lipinski definition) is 2. The Bertz CT molecular complexity index is 123. The molecule has 0 saturated heterocycles. The normalized spacial score (nSPS) is 8.25. The van der Waals surface area contributed by atoms with Gasteiger partial charge in [-0.25, -0.2) is 0 Å². The molecule has 0 fully saturated rings. The van der Waals surface area contributed by atoms with Gasteiger partial charge in [0.2, 0.25) is 0 Å². The first-order chi connectivity index (χ1) is 3.66. The summed E-state index contributed by atoms with van der Waals surface area (Å²) in [6.45, 7) is 3.87. The molecule has 0 aliphatic heterocycles. The molecule has 3 heteroatoms. The molecule has 0 aliphatic rings. The smallest absolute Gasteiger partial charge is 0.178 e. The first kappa shape index (κ1) is 7.38. The van der Waals surface area contributed by atoms with E-state index in [9.17, 15) is 0 Å². The number of nitrogens with one attached hydrogen (secondary N) is 1. The third-order valence-electron chi connectivity index (χ3n) is 0.521. The van der Waals surface area contributed by atoms with Gasteiger partial charge in [0.15, 0.2) is 4.99 Å². The Labute approximate surface area is 54.5 Å². The summed E-state index contributed by atoms with van der Waals surface area (Å²) in [5.74, 6) is 0. The predicted octanol–water partition coefficient (Wildman–Crippen LogP) is 0.835. The van der Waals surface area contributed by atoms with Crippen molar-refractivity contribution in [2.45, 2.75) is 19.9 Å². The fourth-order valence-corrected chi connectivity index (χ4v) is 0.530. The summed E-state index contributed by atoms with van der Waals surface area (Å²) >= 11 is 4.56. The van der Waals surface area contributed by atoms with E-state index in [0.717, 1.165) is 0 Å². The van der Waals surface area contributed by atoms with Crippen LogP contribution in [0.2, 0.25) is 0 Å². The van der Waals surface area contributed by atoms with Crippen molar-refractivity contribution in [3.8, 4) is 6.07 Å². The van der Waals surface area contributed by atoms with Crippen LogP contribution in [-0.2, 0) is 0 Å². The largest absolute Gasteiger partial charge is 0.365 e. The minimum absolute atomic E-state index is 0.264. The highest BCUT2D eigenvalue weighted by molar-refractivity contribution is 7.80. The molecule has 0 atom stereocenters. The van der Waals surface area contributed by atoms with Crippen LogP contribution in [0.1, 0.15) is 13.8 Å². The van der Waals surface area contributed by atoms with Crippen molar-refractivity contribution in [1.29, 1.82) is 5.26 Å². The van der Waals surface area contributed by atoms with Crippen LogP contribution in [0, 0.1) is 11.3 Å². The van der Waals surface area contributed by atoms with Crippen molar-refractivity contribution in [1.82, 2.24) is 5.32 Å². The predicted molar refractivity (Wildman–Crippen MR) is 36.5 cm³/mol. The molecule has 8 heavy (non-hydrogen) atoms. The minimum atomic E-state index is 0.264. The lowest BCUT2D eigenvalue weighted by atomic mass is 10.4. The van der Waals surface area contributed by atoms with E-state index in [0.29, 0.717) is 0 Å². The van der Waals surface area contributed by atoms with Crippen molar-refractivity contribution in [3.05, 3.63) is 0 Å². The third kappa shape index (κ3) is 3.57. The zero-order valence-electron chi connectivity index (χ0n) is 4.93. The van der Waals surface area contributed by atoms with Gasteiger partial charge < -0.3 is 5.32 Å². The van der Waals surface area contributed by atoms with Gasteiger partial charge in [-0.1, -0.05) is 0 Å². The zero-order chi connectivity index (χ0) is 6.57. The van der Waals surface area contributed by atoms with Gasteiger partial charge in [0.05, 0.1) is 0 Å². The maximum Gasteiger partial charge on any atom is 0.178 e. The van der Waals surface area contributed by atoms with Crippen LogP contribution in [0.5, 0.6) is 0 Å². The summed E-state index contributed by atoms with van der Waals surface area (Å²) in [6.07, 6.45) is 0. The van der Waals surface area contributed by atoms with E-state index in [-0.39, 0.29) is 11.0 Å². The summed E-state index contributed by atoms with van der Waals surface area (Å²) in [4.78, 5) is 0.264. The molecule has 0 radical (unpaired) electrons. The SMILES string of the molecule is CC(C)NC(=S)C#N. The molecule has 0 bridgehead atoms. The summed E-state index contributed by atoms with van der Waals surface area (Å²) in [7, 11) is 0. The van der Waals surface area contributed by atoms with Gasteiger partial charge >= 0.3 is 0 Å². The number of nitrogens with zero attached hydrogens (tertiary/aromatic N) is 1. The van der Waals surface area contributed by atoms with Crippen LogP contribution in [-0.4, -0.2) is 11.0 Å². The fraction of sp³-hybridized carbons (Fsp3) is 0.600. The second-order valence-corrected chi connectivity index (χ2v) is 2.15. The highest BCUT2D eigenvalue weighted by atomic mass is 32.1. The molecule has 0 amide bonds. The van der Waals surface area contributed by atoms with Crippen LogP contribution in [0.25, 0.3) is 0 Å². The van der Waals surface area contributed by atoms with Gasteiger partial charge in [0.25, 0.3) is 0 Å². The number of nitriles is 1.